The Morgan fingerprint density at radius 1 is 1.06 bits per heavy atom. The van der Waals surface area contributed by atoms with E-state index in [1.54, 1.807) is 6.20 Å². The molecule has 3 aromatic rings. The van der Waals surface area contributed by atoms with E-state index in [0.717, 1.165) is 5.56 Å². The molecule has 0 aliphatic rings. The average Bonchev–Trinajstić information content (AvgIpc) is 2.79. The molecule has 3 rings (SSSR count). The van der Waals surface area contributed by atoms with Gasteiger partial charge in [-0.15, -0.1) is 0 Å². The van der Waals surface area contributed by atoms with Gasteiger partial charge in [-0.1, -0.05) is 18.2 Å². The summed E-state index contributed by atoms with van der Waals surface area (Å²) in [6, 6.07) is 13.1. The summed E-state index contributed by atoms with van der Waals surface area (Å²) in [4.78, 5) is 0. The lowest BCUT2D eigenvalue weighted by atomic mass is 10.2. The lowest BCUT2D eigenvalue weighted by molar-refractivity contribution is 0.628. The van der Waals surface area contributed by atoms with Gasteiger partial charge >= 0.3 is 0 Å². The zero-order valence-electron chi connectivity index (χ0n) is 10.5. The van der Waals surface area contributed by atoms with Crippen LogP contribution in [-0.2, 0) is 0 Å². The molecule has 0 saturated heterocycles. The van der Waals surface area contributed by atoms with Gasteiger partial charge in [0.15, 0.2) is 0 Å². The molecule has 0 fully saturated rings. The van der Waals surface area contributed by atoms with E-state index in [4.69, 9.17) is 0 Å². The van der Waals surface area contributed by atoms with Crippen molar-refractivity contribution in [3.63, 3.8) is 0 Å². The van der Waals surface area contributed by atoms with Crippen LogP contribution in [-0.4, -0.2) is 14.8 Å². The minimum atomic E-state index is 0.410. The number of hydrogen-bond acceptors (Lipinski definition) is 2. The van der Waals surface area contributed by atoms with Gasteiger partial charge in [0.05, 0.1) is 18.1 Å². The van der Waals surface area contributed by atoms with E-state index < -0.39 is 0 Å². The standard InChI is InChI=1S/C15H15N3/c1-11(2)18-14-6-4-3-5-12(14)9-15(18)13-7-8-16-17-10-13/h3-11H,1-2H3. The molecule has 0 aliphatic heterocycles. The summed E-state index contributed by atoms with van der Waals surface area (Å²) in [7, 11) is 0. The molecule has 2 aromatic heterocycles. The first-order valence-corrected chi connectivity index (χ1v) is 6.14. The van der Waals surface area contributed by atoms with Crippen LogP contribution in [0.25, 0.3) is 22.2 Å². The van der Waals surface area contributed by atoms with Gasteiger partial charge in [-0.05, 0) is 32.0 Å². The van der Waals surface area contributed by atoms with Gasteiger partial charge in [0, 0.05) is 22.5 Å². The molecule has 0 spiro atoms. The SMILES string of the molecule is CC(C)n1c(-c2ccnnc2)cc2ccccc21. The van der Waals surface area contributed by atoms with E-state index >= 15 is 0 Å². The lowest BCUT2D eigenvalue weighted by Gasteiger charge is -2.14. The van der Waals surface area contributed by atoms with Crippen LogP contribution in [0.5, 0.6) is 0 Å². The number of rotatable bonds is 2. The fourth-order valence-electron chi connectivity index (χ4n) is 2.40. The first-order valence-electron chi connectivity index (χ1n) is 6.14. The van der Waals surface area contributed by atoms with Crippen LogP contribution in [0.2, 0.25) is 0 Å². The highest BCUT2D eigenvalue weighted by molar-refractivity contribution is 5.87. The van der Waals surface area contributed by atoms with E-state index in [1.807, 2.05) is 12.3 Å². The summed E-state index contributed by atoms with van der Waals surface area (Å²) >= 11 is 0. The van der Waals surface area contributed by atoms with Crippen molar-refractivity contribution >= 4 is 10.9 Å². The number of benzene rings is 1. The summed E-state index contributed by atoms with van der Waals surface area (Å²) in [6.45, 7) is 4.40. The van der Waals surface area contributed by atoms with Crippen LogP contribution in [0.1, 0.15) is 19.9 Å². The highest BCUT2D eigenvalue weighted by Gasteiger charge is 2.12. The van der Waals surface area contributed by atoms with E-state index in [1.165, 1.54) is 16.6 Å². The van der Waals surface area contributed by atoms with Gasteiger partial charge in [0.25, 0.3) is 0 Å². The molecule has 18 heavy (non-hydrogen) atoms. The maximum atomic E-state index is 3.97. The first-order chi connectivity index (χ1) is 8.77. The first kappa shape index (κ1) is 11.0. The Morgan fingerprint density at radius 3 is 2.61 bits per heavy atom. The van der Waals surface area contributed by atoms with Gasteiger partial charge in [0.2, 0.25) is 0 Å². The fraction of sp³-hybridized carbons (Fsp3) is 0.200. The van der Waals surface area contributed by atoms with Crippen LogP contribution >= 0.6 is 0 Å². The van der Waals surface area contributed by atoms with Crippen LogP contribution in [0.4, 0.5) is 0 Å². The molecule has 0 aliphatic carbocycles. The molecule has 0 amide bonds. The lowest BCUT2D eigenvalue weighted by Crippen LogP contribution is -2.02. The monoisotopic (exact) mass is 237 g/mol. The quantitative estimate of drug-likeness (QED) is 0.680. The van der Waals surface area contributed by atoms with Gasteiger partial charge in [0.1, 0.15) is 0 Å². The maximum absolute atomic E-state index is 3.97. The fourth-order valence-corrected chi connectivity index (χ4v) is 2.40. The molecule has 0 bridgehead atoms. The molecule has 0 radical (unpaired) electrons. The number of nitrogens with zero attached hydrogens (tertiary/aromatic N) is 3. The van der Waals surface area contributed by atoms with Crippen molar-refractivity contribution in [3.05, 3.63) is 48.8 Å². The smallest absolute Gasteiger partial charge is 0.0589 e. The Balaban J connectivity index is 2.32. The Labute approximate surface area is 106 Å². The zero-order valence-corrected chi connectivity index (χ0v) is 10.5. The predicted molar refractivity (Wildman–Crippen MR) is 73.3 cm³/mol. The summed E-state index contributed by atoms with van der Waals surface area (Å²) in [6.07, 6.45) is 3.55. The second kappa shape index (κ2) is 4.26. The van der Waals surface area contributed by atoms with Crippen molar-refractivity contribution in [2.24, 2.45) is 0 Å². The van der Waals surface area contributed by atoms with Gasteiger partial charge < -0.3 is 4.57 Å². The summed E-state index contributed by atoms with van der Waals surface area (Å²) in [5.74, 6) is 0. The molecule has 0 unspecified atom stereocenters. The zero-order chi connectivity index (χ0) is 12.5. The van der Waals surface area contributed by atoms with Crippen molar-refractivity contribution in [1.82, 2.24) is 14.8 Å². The molecule has 0 N–H and O–H groups in total. The van der Waals surface area contributed by atoms with Gasteiger partial charge in [-0.25, -0.2) is 0 Å². The summed E-state index contributed by atoms with van der Waals surface area (Å²) < 4.78 is 2.34. The molecule has 2 heterocycles. The third-order valence-corrected chi connectivity index (χ3v) is 3.14. The highest BCUT2D eigenvalue weighted by Crippen LogP contribution is 2.30. The summed E-state index contributed by atoms with van der Waals surface area (Å²) in [5.41, 5.74) is 3.57. The van der Waals surface area contributed by atoms with E-state index in [-0.39, 0.29) is 0 Å². The van der Waals surface area contributed by atoms with Crippen LogP contribution < -0.4 is 0 Å². The normalized spacial score (nSPS) is 11.3. The van der Waals surface area contributed by atoms with Gasteiger partial charge in [-0.2, -0.15) is 10.2 Å². The number of fused-ring (bicyclic) bond motifs is 1. The van der Waals surface area contributed by atoms with Crippen molar-refractivity contribution in [2.75, 3.05) is 0 Å². The second-order valence-corrected chi connectivity index (χ2v) is 4.68. The van der Waals surface area contributed by atoms with Crippen molar-refractivity contribution in [1.29, 1.82) is 0 Å². The number of para-hydroxylation sites is 1. The van der Waals surface area contributed by atoms with Crippen LogP contribution in [0.15, 0.2) is 48.8 Å². The Hall–Kier alpha value is -2.16. The Morgan fingerprint density at radius 2 is 1.89 bits per heavy atom. The Kier molecular flexibility index (Phi) is 2.59. The molecule has 0 saturated carbocycles. The minimum absolute atomic E-state index is 0.410. The molecule has 0 atom stereocenters. The predicted octanol–water partition coefficient (Wildman–Crippen LogP) is 3.68. The highest BCUT2D eigenvalue weighted by atomic mass is 15.1. The van der Waals surface area contributed by atoms with Crippen LogP contribution in [0, 0.1) is 0 Å². The maximum Gasteiger partial charge on any atom is 0.0589 e. The molecule has 90 valence electrons. The number of aromatic nitrogens is 3. The topological polar surface area (TPSA) is 30.7 Å². The van der Waals surface area contributed by atoms with E-state index in [0.29, 0.717) is 6.04 Å². The minimum Gasteiger partial charge on any atom is -0.338 e. The largest absolute Gasteiger partial charge is 0.338 e. The molecule has 3 nitrogen and oxygen atoms in total. The van der Waals surface area contributed by atoms with E-state index in [9.17, 15) is 0 Å². The molecule has 3 heteroatoms. The Bertz CT molecular complexity index is 669. The van der Waals surface area contributed by atoms with E-state index in [2.05, 4.69) is 58.9 Å². The van der Waals surface area contributed by atoms with Gasteiger partial charge in [-0.3, -0.25) is 0 Å². The second-order valence-electron chi connectivity index (χ2n) is 4.68. The van der Waals surface area contributed by atoms with Crippen LogP contribution in [0.3, 0.4) is 0 Å². The molecular formula is C15H15N3. The summed E-state index contributed by atoms with van der Waals surface area (Å²) in [5, 5.41) is 9.07. The van der Waals surface area contributed by atoms with Crippen molar-refractivity contribution in [2.45, 2.75) is 19.9 Å². The molecular weight excluding hydrogens is 222 g/mol. The average molecular weight is 237 g/mol. The number of hydrogen-bond donors (Lipinski definition) is 0. The third kappa shape index (κ3) is 1.68. The van der Waals surface area contributed by atoms with Crippen molar-refractivity contribution < 1.29 is 0 Å². The third-order valence-electron chi connectivity index (χ3n) is 3.14. The molecule has 1 aromatic carbocycles. The van der Waals surface area contributed by atoms with Crippen molar-refractivity contribution in [3.8, 4) is 11.3 Å².